The molecular formula is C14H22F2IN3O2. The molecule has 0 amide bonds. The number of nitrogens with one attached hydrogen (secondary N) is 2. The number of hydrogen-bond acceptors (Lipinski definition) is 3. The monoisotopic (exact) mass is 429 g/mol. The zero-order valence-electron chi connectivity index (χ0n) is 12.7. The summed E-state index contributed by atoms with van der Waals surface area (Å²) in [7, 11) is 3.32. The van der Waals surface area contributed by atoms with Crippen LogP contribution in [0.15, 0.2) is 23.2 Å². The number of benzene rings is 1. The number of methoxy groups -OCH3 is 1. The lowest BCUT2D eigenvalue weighted by Gasteiger charge is -2.12. The van der Waals surface area contributed by atoms with E-state index in [-0.39, 0.29) is 24.0 Å². The largest absolute Gasteiger partial charge is 0.492 e. The van der Waals surface area contributed by atoms with Crippen LogP contribution in [0.25, 0.3) is 0 Å². The van der Waals surface area contributed by atoms with E-state index in [9.17, 15) is 8.78 Å². The van der Waals surface area contributed by atoms with Crippen molar-refractivity contribution in [3.8, 4) is 5.75 Å². The molecule has 0 atom stereocenters. The van der Waals surface area contributed by atoms with Gasteiger partial charge >= 0.3 is 0 Å². The molecule has 1 aromatic carbocycles. The van der Waals surface area contributed by atoms with Crippen LogP contribution in [0.1, 0.15) is 6.42 Å². The first kappa shape index (κ1) is 20.8. The molecule has 0 unspecified atom stereocenters. The minimum Gasteiger partial charge on any atom is -0.492 e. The lowest BCUT2D eigenvalue weighted by atomic mass is 10.3. The fourth-order valence-corrected chi connectivity index (χ4v) is 1.55. The summed E-state index contributed by atoms with van der Waals surface area (Å²) in [5.74, 6) is -0.865. The highest BCUT2D eigenvalue weighted by atomic mass is 127. The maximum atomic E-state index is 13.0. The normalized spacial score (nSPS) is 10.8. The Morgan fingerprint density at radius 3 is 2.50 bits per heavy atom. The molecule has 0 aromatic heterocycles. The van der Waals surface area contributed by atoms with Crippen molar-refractivity contribution >= 4 is 29.9 Å². The second-order valence-corrected chi connectivity index (χ2v) is 4.20. The van der Waals surface area contributed by atoms with Crippen LogP contribution in [0.3, 0.4) is 0 Å². The van der Waals surface area contributed by atoms with E-state index in [2.05, 4.69) is 15.6 Å². The molecule has 8 heteroatoms. The highest BCUT2D eigenvalue weighted by Crippen LogP contribution is 2.14. The summed E-state index contributed by atoms with van der Waals surface area (Å²) in [5.41, 5.74) is 0. The summed E-state index contributed by atoms with van der Waals surface area (Å²) < 4.78 is 36.0. The molecule has 22 heavy (non-hydrogen) atoms. The second-order valence-electron chi connectivity index (χ2n) is 4.20. The SMILES string of the molecule is CN=C(NCCCOC)NCCOc1ccc(F)c(F)c1.I. The summed E-state index contributed by atoms with van der Waals surface area (Å²) in [5, 5.41) is 6.16. The zero-order valence-corrected chi connectivity index (χ0v) is 15.0. The van der Waals surface area contributed by atoms with Crippen LogP contribution in [0.4, 0.5) is 8.78 Å². The predicted octanol–water partition coefficient (Wildman–Crippen LogP) is 2.16. The van der Waals surface area contributed by atoms with Gasteiger partial charge in [-0.2, -0.15) is 0 Å². The molecule has 5 nitrogen and oxygen atoms in total. The summed E-state index contributed by atoms with van der Waals surface area (Å²) in [6, 6.07) is 3.44. The Bertz CT molecular complexity index is 462. The van der Waals surface area contributed by atoms with Gasteiger partial charge < -0.3 is 20.1 Å². The third-order valence-corrected chi connectivity index (χ3v) is 2.60. The molecule has 0 bridgehead atoms. The molecule has 126 valence electrons. The van der Waals surface area contributed by atoms with Gasteiger partial charge in [-0.3, -0.25) is 4.99 Å². The first-order chi connectivity index (χ1) is 10.2. The van der Waals surface area contributed by atoms with Crippen molar-refractivity contribution in [2.75, 3.05) is 40.5 Å². The van der Waals surface area contributed by atoms with Crippen molar-refractivity contribution in [2.45, 2.75) is 6.42 Å². The van der Waals surface area contributed by atoms with Crippen LogP contribution in [-0.4, -0.2) is 46.4 Å². The molecule has 0 saturated carbocycles. The van der Waals surface area contributed by atoms with Gasteiger partial charge in [0.2, 0.25) is 0 Å². The van der Waals surface area contributed by atoms with Crippen molar-refractivity contribution in [2.24, 2.45) is 4.99 Å². The van der Waals surface area contributed by atoms with Gasteiger partial charge in [0.1, 0.15) is 12.4 Å². The van der Waals surface area contributed by atoms with E-state index in [0.29, 0.717) is 31.5 Å². The van der Waals surface area contributed by atoms with Gasteiger partial charge in [-0.05, 0) is 18.6 Å². The van der Waals surface area contributed by atoms with Crippen LogP contribution in [0.5, 0.6) is 5.75 Å². The van der Waals surface area contributed by atoms with Gasteiger partial charge in [-0.25, -0.2) is 8.78 Å². The molecule has 0 saturated heterocycles. The van der Waals surface area contributed by atoms with Crippen molar-refractivity contribution in [1.29, 1.82) is 0 Å². The number of aliphatic imine (C=N–C) groups is 1. The third kappa shape index (κ3) is 8.32. The number of halogens is 3. The molecular weight excluding hydrogens is 407 g/mol. The van der Waals surface area contributed by atoms with Gasteiger partial charge in [0, 0.05) is 33.4 Å². The molecule has 1 rings (SSSR count). The number of guanidine groups is 1. The van der Waals surface area contributed by atoms with Gasteiger partial charge in [0.25, 0.3) is 0 Å². The fourth-order valence-electron chi connectivity index (χ4n) is 1.55. The van der Waals surface area contributed by atoms with Crippen LogP contribution >= 0.6 is 24.0 Å². The number of hydrogen-bond donors (Lipinski definition) is 2. The van der Waals surface area contributed by atoms with Gasteiger partial charge in [0.05, 0.1) is 6.54 Å². The Labute approximate surface area is 146 Å². The lowest BCUT2D eigenvalue weighted by Crippen LogP contribution is -2.39. The molecule has 0 aliphatic rings. The molecule has 0 aliphatic heterocycles. The Morgan fingerprint density at radius 1 is 1.14 bits per heavy atom. The third-order valence-electron chi connectivity index (χ3n) is 2.60. The maximum absolute atomic E-state index is 13.0. The fraction of sp³-hybridized carbons (Fsp3) is 0.500. The summed E-state index contributed by atoms with van der Waals surface area (Å²) in [6.45, 7) is 2.23. The smallest absolute Gasteiger partial charge is 0.191 e. The Balaban J connectivity index is 0.00000441. The van der Waals surface area contributed by atoms with Crippen molar-refractivity contribution in [3.63, 3.8) is 0 Å². The Hall–Kier alpha value is -1.16. The van der Waals surface area contributed by atoms with E-state index in [4.69, 9.17) is 9.47 Å². The number of nitrogens with zero attached hydrogens (tertiary/aromatic N) is 1. The number of ether oxygens (including phenoxy) is 2. The topological polar surface area (TPSA) is 54.9 Å². The summed E-state index contributed by atoms with van der Waals surface area (Å²) in [6.07, 6.45) is 0.878. The average molecular weight is 429 g/mol. The highest BCUT2D eigenvalue weighted by molar-refractivity contribution is 14.0. The minimum atomic E-state index is -0.920. The van der Waals surface area contributed by atoms with Crippen LogP contribution < -0.4 is 15.4 Å². The van der Waals surface area contributed by atoms with Crippen molar-refractivity contribution in [3.05, 3.63) is 29.8 Å². The molecule has 1 aromatic rings. The van der Waals surface area contributed by atoms with Crippen molar-refractivity contribution in [1.82, 2.24) is 10.6 Å². The average Bonchev–Trinajstić information content (AvgIpc) is 2.49. The zero-order chi connectivity index (χ0) is 15.5. The van der Waals surface area contributed by atoms with Gasteiger partial charge in [-0.1, -0.05) is 0 Å². The molecule has 0 spiro atoms. The second kappa shape index (κ2) is 12.4. The lowest BCUT2D eigenvalue weighted by molar-refractivity contribution is 0.195. The molecule has 0 radical (unpaired) electrons. The van der Waals surface area contributed by atoms with E-state index >= 15 is 0 Å². The Morgan fingerprint density at radius 2 is 1.86 bits per heavy atom. The quantitative estimate of drug-likeness (QED) is 0.288. The number of rotatable bonds is 8. The van der Waals surface area contributed by atoms with Gasteiger partial charge in [0.15, 0.2) is 17.6 Å². The standard InChI is InChI=1S/C14H21F2N3O2.HI/c1-17-14(18-6-3-8-20-2)19-7-9-21-11-4-5-12(15)13(16)10-11;/h4-5,10H,3,6-9H2,1-2H3,(H2,17,18,19);1H. The van der Waals surface area contributed by atoms with Crippen LogP contribution in [0.2, 0.25) is 0 Å². The van der Waals surface area contributed by atoms with E-state index in [1.165, 1.54) is 6.07 Å². The van der Waals surface area contributed by atoms with E-state index in [1.54, 1.807) is 14.2 Å². The molecule has 0 heterocycles. The first-order valence-corrected chi connectivity index (χ1v) is 6.68. The van der Waals surface area contributed by atoms with Crippen LogP contribution in [0, 0.1) is 11.6 Å². The molecule has 2 N–H and O–H groups in total. The molecule has 0 fully saturated rings. The maximum Gasteiger partial charge on any atom is 0.191 e. The first-order valence-electron chi connectivity index (χ1n) is 6.68. The Kier molecular flexibility index (Phi) is 11.7. The van der Waals surface area contributed by atoms with Crippen molar-refractivity contribution < 1.29 is 18.3 Å². The van der Waals surface area contributed by atoms with Crippen LogP contribution in [-0.2, 0) is 4.74 Å². The van der Waals surface area contributed by atoms with E-state index in [0.717, 1.165) is 25.1 Å². The van der Waals surface area contributed by atoms with Gasteiger partial charge in [-0.15, -0.1) is 24.0 Å². The van der Waals surface area contributed by atoms with E-state index in [1.807, 2.05) is 0 Å². The van der Waals surface area contributed by atoms with E-state index < -0.39 is 11.6 Å². The minimum absolute atomic E-state index is 0. The highest BCUT2D eigenvalue weighted by Gasteiger charge is 2.03. The predicted molar refractivity (Wildman–Crippen MR) is 93.1 cm³/mol. The summed E-state index contributed by atoms with van der Waals surface area (Å²) in [4.78, 5) is 4.04. The summed E-state index contributed by atoms with van der Waals surface area (Å²) >= 11 is 0. The molecule has 0 aliphatic carbocycles.